The Morgan fingerprint density at radius 2 is 1.96 bits per heavy atom. The maximum atomic E-state index is 11.6. The largest absolute Gasteiger partial charge is 0.352 e. The minimum Gasteiger partial charge on any atom is -0.352 e. The number of benzene rings is 1. The van der Waals surface area contributed by atoms with Crippen molar-refractivity contribution in [2.45, 2.75) is 31.8 Å². The molecule has 2 N–H and O–H groups in total. The van der Waals surface area contributed by atoms with E-state index in [1.54, 1.807) is 33.0 Å². The molecule has 0 atom stereocenters. The minimum atomic E-state index is -3.20. The second-order valence-corrected chi connectivity index (χ2v) is 7.37. The molecule has 0 spiro atoms. The molecule has 0 amide bonds. The Morgan fingerprint density at radius 3 is 2.50 bits per heavy atom. The molecule has 1 heterocycles. The highest BCUT2D eigenvalue weighted by atomic mass is 32.2. The van der Waals surface area contributed by atoms with Gasteiger partial charge in [-0.15, -0.1) is 0 Å². The Hall–Kier alpha value is -2.42. The third-order valence-electron chi connectivity index (χ3n) is 3.30. The van der Waals surface area contributed by atoms with E-state index < -0.39 is 9.84 Å². The van der Waals surface area contributed by atoms with Crippen molar-refractivity contribution in [2.75, 3.05) is 13.3 Å². The number of rotatable bonds is 5. The van der Waals surface area contributed by atoms with Gasteiger partial charge in [0.2, 0.25) is 5.89 Å². The highest BCUT2D eigenvalue weighted by Crippen LogP contribution is 2.16. The average molecular weight is 351 g/mol. The van der Waals surface area contributed by atoms with E-state index in [4.69, 9.17) is 4.52 Å². The van der Waals surface area contributed by atoms with E-state index in [1.807, 2.05) is 6.07 Å². The molecule has 1 aromatic carbocycles. The second-order valence-electron chi connectivity index (χ2n) is 5.39. The SMILES string of the molecule is CN=C(NCc1ccc(S(C)(=O)=O)c(C)c1)NCc1nc(C)no1. The number of sulfone groups is 1. The fourth-order valence-electron chi connectivity index (χ4n) is 2.22. The fourth-order valence-corrected chi connectivity index (χ4v) is 3.17. The summed E-state index contributed by atoms with van der Waals surface area (Å²) in [6, 6.07) is 5.25. The molecule has 8 nitrogen and oxygen atoms in total. The van der Waals surface area contributed by atoms with Crippen LogP contribution in [0.1, 0.15) is 22.8 Å². The van der Waals surface area contributed by atoms with Crippen LogP contribution in [0.15, 0.2) is 32.6 Å². The number of nitrogens with one attached hydrogen (secondary N) is 2. The van der Waals surface area contributed by atoms with Crippen molar-refractivity contribution >= 4 is 15.8 Å². The van der Waals surface area contributed by atoms with Crippen LogP contribution in [0.3, 0.4) is 0 Å². The molecule has 2 aromatic rings. The van der Waals surface area contributed by atoms with Gasteiger partial charge in [-0.3, -0.25) is 4.99 Å². The van der Waals surface area contributed by atoms with Crippen LogP contribution in [0.5, 0.6) is 0 Å². The summed E-state index contributed by atoms with van der Waals surface area (Å²) in [6.45, 7) is 4.41. The van der Waals surface area contributed by atoms with Gasteiger partial charge in [-0.2, -0.15) is 4.98 Å². The normalized spacial score (nSPS) is 12.2. The van der Waals surface area contributed by atoms with Crippen molar-refractivity contribution in [3.8, 4) is 0 Å². The molecular weight excluding hydrogens is 330 g/mol. The number of aromatic nitrogens is 2. The van der Waals surface area contributed by atoms with E-state index in [-0.39, 0.29) is 0 Å². The molecule has 0 aliphatic heterocycles. The minimum absolute atomic E-state index is 0.348. The van der Waals surface area contributed by atoms with Crippen molar-refractivity contribution in [3.05, 3.63) is 41.0 Å². The van der Waals surface area contributed by atoms with E-state index in [2.05, 4.69) is 25.8 Å². The van der Waals surface area contributed by atoms with Crippen LogP contribution < -0.4 is 10.6 Å². The Balaban J connectivity index is 1.94. The molecule has 130 valence electrons. The van der Waals surface area contributed by atoms with E-state index in [9.17, 15) is 8.42 Å². The van der Waals surface area contributed by atoms with Gasteiger partial charge in [-0.25, -0.2) is 8.42 Å². The third kappa shape index (κ3) is 4.79. The average Bonchev–Trinajstić information content (AvgIpc) is 2.92. The molecule has 0 unspecified atom stereocenters. The van der Waals surface area contributed by atoms with Gasteiger partial charge in [0.05, 0.1) is 11.4 Å². The van der Waals surface area contributed by atoms with Gasteiger partial charge in [0.15, 0.2) is 21.6 Å². The summed E-state index contributed by atoms with van der Waals surface area (Å²) in [5.41, 5.74) is 1.68. The molecule has 24 heavy (non-hydrogen) atoms. The van der Waals surface area contributed by atoms with Crippen molar-refractivity contribution in [1.29, 1.82) is 0 Å². The first-order chi connectivity index (χ1) is 11.3. The molecule has 0 aliphatic carbocycles. The Kier molecular flexibility index (Phi) is 5.55. The number of aliphatic imine (C=N–C) groups is 1. The summed E-state index contributed by atoms with van der Waals surface area (Å²) < 4.78 is 28.3. The molecule has 1 aromatic heterocycles. The Bertz CT molecular complexity index is 843. The molecule has 9 heteroatoms. The van der Waals surface area contributed by atoms with Crippen LogP contribution in [-0.2, 0) is 22.9 Å². The van der Waals surface area contributed by atoms with Gasteiger partial charge >= 0.3 is 0 Å². The molecule has 0 saturated heterocycles. The summed E-state index contributed by atoms with van der Waals surface area (Å²) in [7, 11) is -1.54. The zero-order valence-electron chi connectivity index (χ0n) is 14.1. The van der Waals surface area contributed by atoms with E-state index in [0.717, 1.165) is 11.1 Å². The summed E-state index contributed by atoms with van der Waals surface area (Å²) in [4.78, 5) is 8.56. The van der Waals surface area contributed by atoms with Gasteiger partial charge < -0.3 is 15.2 Å². The molecular formula is C15H21N5O3S. The van der Waals surface area contributed by atoms with Crippen LogP contribution >= 0.6 is 0 Å². The number of guanidine groups is 1. The maximum absolute atomic E-state index is 11.6. The quantitative estimate of drug-likeness (QED) is 0.610. The summed E-state index contributed by atoms with van der Waals surface area (Å²) in [5, 5.41) is 9.93. The van der Waals surface area contributed by atoms with Crippen LogP contribution in [-0.4, -0.2) is 37.8 Å². The lowest BCUT2D eigenvalue weighted by Crippen LogP contribution is -2.36. The second kappa shape index (κ2) is 7.43. The van der Waals surface area contributed by atoms with Crippen LogP contribution in [0.4, 0.5) is 0 Å². The van der Waals surface area contributed by atoms with E-state index >= 15 is 0 Å². The number of hydrogen-bond acceptors (Lipinski definition) is 6. The number of hydrogen-bond donors (Lipinski definition) is 2. The zero-order chi connectivity index (χ0) is 17.7. The van der Waals surface area contributed by atoms with Crippen molar-refractivity contribution in [2.24, 2.45) is 4.99 Å². The zero-order valence-corrected chi connectivity index (χ0v) is 14.9. The van der Waals surface area contributed by atoms with Crippen molar-refractivity contribution in [1.82, 2.24) is 20.8 Å². The van der Waals surface area contributed by atoms with Gasteiger partial charge in [0.1, 0.15) is 0 Å². The number of nitrogens with zero attached hydrogens (tertiary/aromatic N) is 3. The smallest absolute Gasteiger partial charge is 0.246 e. The summed E-state index contributed by atoms with van der Waals surface area (Å²) >= 11 is 0. The molecule has 0 saturated carbocycles. The predicted molar refractivity (Wildman–Crippen MR) is 90.4 cm³/mol. The monoisotopic (exact) mass is 351 g/mol. The first kappa shape index (κ1) is 17.9. The topological polar surface area (TPSA) is 109 Å². The van der Waals surface area contributed by atoms with Crippen LogP contribution in [0.25, 0.3) is 0 Å². The van der Waals surface area contributed by atoms with Gasteiger partial charge in [-0.1, -0.05) is 17.3 Å². The highest BCUT2D eigenvalue weighted by Gasteiger charge is 2.11. The first-order valence-corrected chi connectivity index (χ1v) is 9.22. The fraction of sp³-hybridized carbons (Fsp3) is 0.400. The van der Waals surface area contributed by atoms with Crippen molar-refractivity contribution < 1.29 is 12.9 Å². The summed E-state index contributed by atoms with van der Waals surface area (Å²) in [6.07, 6.45) is 1.21. The summed E-state index contributed by atoms with van der Waals surface area (Å²) in [5.74, 6) is 1.63. The molecule has 0 bridgehead atoms. The Labute approximate surface area is 141 Å². The van der Waals surface area contributed by atoms with E-state index in [1.165, 1.54) is 6.26 Å². The van der Waals surface area contributed by atoms with Gasteiger partial charge in [0, 0.05) is 19.8 Å². The predicted octanol–water partition coefficient (Wildman–Crippen LogP) is 0.955. The van der Waals surface area contributed by atoms with Crippen LogP contribution in [0.2, 0.25) is 0 Å². The van der Waals surface area contributed by atoms with Gasteiger partial charge in [0.25, 0.3) is 0 Å². The molecule has 0 radical (unpaired) electrons. The molecule has 0 aliphatic rings. The third-order valence-corrected chi connectivity index (χ3v) is 4.56. The lowest BCUT2D eigenvalue weighted by molar-refractivity contribution is 0.371. The van der Waals surface area contributed by atoms with Crippen LogP contribution in [0, 0.1) is 13.8 Å². The van der Waals surface area contributed by atoms with E-state index in [0.29, 0.717) is 35.7 Å². The van der Waals surface area contributed by atoms with Crippen molar-refractivity contribution in [3.63, 3.8) is 0 Å². The highest BCUT2D eigenvalue weighted by molar-refractivity contribution is 7.90. The maximum Gasteiger partial charge on any atom is 0.246 e. The first-order valence-electron chi connectivity index (χ1n) is 7.33. The van der Waals surface area contributed by atoms with Gasteiger partial charge in [-0.05, 0) is 31.0 Å². The Morgan fingerprint density at radius 1 is 1.25 bits per heavy atom. The molecule has 0 fully saturated rings. The number of aryl methyl sites for hydroxylation is 2. The molecule has 2 rings (SSSR count). The standard InChI is InChI=1S/C15H21N5O3S/c1-10-7-12(5-6-13(10)24(4,21)22)8-17-15(16-3)18-9-14-19-11(2)20-23-14/h5-7H,8-9H2,1-4H3,(H2,16,17,18). The lowest BCUT2D eigenvalue weighted by atomic mass is 10.1. The lowest BCUT2D eigenvalue weighted by Gasteiger charge is -2.12.